The van der Waals surface area contributed by atoms with Gasteiger partial charge in [-0.05, 0) is 37.0 Å². The Bertz CT molecular complexity index is 594. The molecule has 1 amide bonds. The Labute approximate surface area is 151 Å². The van der Waals surface area contributed by atoms with Gasteiger partial charge in [0.2, 0.25) is 0 Å². The van der Waals surface area contributed by atoms with Gasteiger partial charge in [0.15, 0.2) is 13.2 Å². The van der Waals surface area contributed by atoms with E-state index in [1.54, 1.807) is 12.1 Å². The molecule has 7 heteroatoms. The largest absolute Gasteiger partial charge is 0.480 e. The van der Waals surface area contributed by atoms with Gasteiger partial charge in [-0.25, -0.2) is 4.79 Å². The van der Waals surface area contributed by atoms with Crippen LogP contribution in [-0.4, -0.2) is 31.1 Å². The summed E-state index contributed by atoms with van der Waals surface area (Å²) < 4.78 is 10.2. The van der Waals surface area contributed by atoms with E-state index in [1.807, 2.05) is 0 Å². The Morgan fingerprint density at radius 3 is 2.67 bits per heavy atom. The Kier molecular flexibility index (Phi) is 7.18. The molecule has 0 unspecified atom stereocenters. The highest BCUT2D eigenvalue weighted by Crippen LogP contribution is 2.27. The molecule has 1 fully saturated rings. The highest BCUT2D eigenvalue weighted by Gasteiger charge is 2.23. The maximum Gasteiger partial charge on any atom is 0.344 e. The van der Waals surface area contributed by atoms with E-state index < -0.39 is 5.97 Å². The minimum Gasteiger partial charge on any atom is -0.480 e. The van der Waals surface area contributed by atoms with Crippen molar-refractivity contribution in [1.29, 1.82) is 0 Å². The Morgan fingerprint density at radius 1 is 1.21 bits per heavy atom. The zero-order valence-electron chi connectivity index (χ0n) is 13.5. The molecule has 5 nitrogen and oxygen atoms in total. The molecule has 0 heterocycles. The molecule has 1 aliphatic carbocycles. The quantitative estimate of drug-likeness (QED) is 0.773. The summed E-state index contributed by atoms with van der Waals surface area (Å²) in [4.78, 5) is 23.5. The number of ether oxygens (including phenoxy) is 2. The van der Waals surface area contributed by atoms with E-state index in [2.05, 4.69) is 12.2 Å². The predicted molar refractivity (Wildman–Crippen MR) is 92.5 cm³/mol. The maximum atomic E-state index is 11.9. The van der Waals surface area contributed by atoms with Gasteiger partial charge in [-0.1, -0.05) is 43.0 Å². The Morgan fingerprint density at radius 2 is 1.96 bits per heavy atom. The monoisotopic (exact) mass is 373 g/mol. The first kappa shape index (κ1) is 18.9. The molecule has 0 bridgehead atoms. The number of benzene rings is 1. The van der Waals surface area contributed by atoms with Crippen molar-refractivity contribution >= 4 is 35.1 Å². The first-order valence-electron chi connectivity index (χ1n) is 7.98. The highest BCUT2D eigenvalue weighted by molar-refractivity contribution is 6.35. The number of amides is 1. The molecule has 2 rings (SSSR count). The lowest BCUT2D eigenvalue weighted by atomic mass is 9.86. The number of rotatable bonds is 6. The minimum absolute atomic E-state index is 0.161. The van der Waals surface area contributed by atoms with E-state index in [9.17, 15) is 9.59 Å². The second-order valence-corrected chi connectivity index (χ2v) is 6.80. The van der Waals surface area contributed by atoms with Gasteiger partial charge < -0.3 is 14.8 Å². The summed E-state index contributed by atoms with van der Waals surface area (Å²) in [7, 11) is 0. The third-order valence-corrected chi connectivity index (χ3v) is 4.59. The number of hydrogen-bond donors (Lipinski definition) is 1. The van der Waals surface area contributed by atoms with Crippen molar-refractivity contribution in [3.63, 3.8) is 0 Å². The van der Waals surface area contributed by atoms with Crippen LogP contribution in [0.5, 0.6) is 5.75 Å². The molecule has 0 aliphatic heterocycles. The van der Waals surface area contributed by atoms with Crippen molar-refractivity contribution in [2.45, 2.75) is 38.6 Å². The fourth-order valence-electron chi connectivity index (χ4n) is 2.70. The van der Waals surface area contributed by atoms with Crippen molar-refractivity contribution in [3.05, 3.63) is 28.2 Å². The summed E-state index contributed by atoms with van der Waals surface area (Å²) in [5, 5.41) is 3.70. The molecule has 1 saturated carbocycles. The number of nitrogens with one attached hydrogen (secondary N) is 1. The topological polar surface area (TPSA) is 64.6 Å². The molecule has 1 N–H and O–H groups in total. The van der Waals surface area contributed by atoms with Crippen molar-refractivity contribution in [3.8, 4) is 5.75 Å². The van der Waals surface area contributed by atoms with Gasteiger partial charge in [0, 0.05) is 11.1 Å². The van der Waals surface area contributed by atoms with Gasteiger partial charge in [0.1, 0.15) is 5.75 Å². The number of carbonyl (C=O) groups is 2. The molecule has 1 aromatic carbocycles. The first-order chi connectivity index (χ1) is 11.5. The van der Waals surface area contributed by atoms with Crippen LogP contribution in [0.25, 0.3) is 0 Å². The summed E-state index contributed by atoms with van der Waals surface area (Å²) >= 11 is 11.7. The molecule has 24 heavy (non-hydrogen) atoms. The average Bonchev–Trinajstić information content (AvgIpc) is 2.54. The van der Waals surface area contributed by atoms with Gasteiger partial charge in [0.05, 0.1) is 5.02 Å². The van der Waals surface area contributed by atoms with Gasteiger partial charge in [-0.3, -0.25) is 4.79 Å². The lowest BCUT2D eigenvalue weighted by Crippen LogP contribution is -2.43. The van der Waals surface area contributed by atoms with Crippen molar-refractivity contribution < 1.29 is 19.1 Å². The number of carbonyl (C=O) groups excluding carboxylic acids is 2. The van der Waals surface area contributed by atoms with Gasteiger partial charge >= 0.3 is 5.97 Å². The molecular weight excluding hydrogens is 353 g/mol. The van der Waals surface area contributed by atoms with E-state index in [4.69, 9.17) is 32.7 Å². The van der Waals surface area contributed by atoms with Crippen LogP contribution in [0.15, 0.2) is 18.2 Å². The Hall–Kier alpha value is -1.46. The minimum atomic E-state index is -0.632. The van der Waals surface area contributed by atoms with Crippen LogP contribution < -0.4 is 10.1 Å². The van der Waals surface area contributed by atoms with E-state index in [0.29, 0.717) is 21.7 Å². The lowest BCUT2D eigenvalue weighted by Gasteiger charge is -2.29. The number of hydrogen-bond acceptors (Lipinski definition) is 4. The van der Waals surface area contributed by atoms with Crippen LogP contribution in [0.4, 0.5) is 0 Å². The molecule has 132 valence electrons. The molecule has 0 spiro atoms. The summed E-state index contributed by atoms with van der Waals surface area (Å²) in [6.45, 7) is 1.49. The second kappa shape index (κ2) is 9.14. The van der Waals surface area contributed by atoms with Crippen LogP contribution in [-0.2, 0) is 14.3 Å². The summed E-state index contributed by atoms with van der Waals surface area (Å²) in [6.07, 6.45) is 4.40. The zero-order chi connectivity index (χ0) is 17.5. The third kappa shape index (κ3) is 5.87. The average molecular weight is 374 g/mol. The van der Waals surface area contributed by atoms with E-state index in [0.717, 1.165) is 19.3 Å². The fraction of sp³-hybridized carbons (Fsp3) is 0.529. The van der Waals surface area contributed by atoms with E-state index in [-0.39, 0.29) is 25.2 Å². The molecule has 0 radical (unpaired) electrons. The zero-order valence-corrected chi connectivity index (χ0v) is 15.0. The lowest BCUT2D eigenvalue weighted by molar-refractivity contribution is -0.150. The maximum absolute atomic E-state index is 11.9. The number of halogens is 2. The summed E-state index contributed by atoms with van der Waals surface area (Å²) in [6, 6.07) is 4.85. The van der Waals surface area contributed by atoms with Gasteiger partial charge in [-0.2, -0.15) is 0 Å². The molecule has 1 aromatic rings. The molecule has 1 aliphatic rings. The van der Waals surface area contributed by atoms with E-state index >= 15 is 0 Å². The number of esters is 1. The second-order valence-electron chi connectivity index (χ2n) is 5.96. The normalized spacial score (nSPS) is 20.3. The van der Waals surface area contributed by atoms with Crippen LogP contribution in [0.1, 0.15) is 32.6 Å². The van der Waals surface area contributed by atoms with Crippen LogP contribution in [0, 0.1) is 5.92 Å². The summed E-state index contributed by atoms with van der Waals surface area (Å²) in [5.74, 6) is -0.133. The molecule has 0 aromatic heterocycles. The summed E-state index contributed by atoms with van der Waals surface area (Å²) in [5.41, 5.74) is 0. The van der Waals surface area contributed by atoms with E-state index in [1.165, 1.54) is 12.5 Å². The Balaban J connectivity index is 1.69. The van der Waals surface area contributed by atoms with Crippen LogP contribution in [0.2, 0.25) is 10.0 Å². The van der Waals surface area contributed by atoms with Crippen molar-refractivity contribution in [2.24, 2.45) is 5.92 Å². The van der Waals surface area contributed by atoms with Crippen molar-refractivity contribution in [2.75, 3.05) is 13.2 Å². The van der Waals surface area contributed by atoms with Crippen LogP contribution in [0.3, 0.4) is 0 Å². The molecule has 2 atom stereocenters. The third-order valence-electron chi connectivity index (χ3n) is 4.06. The predicted octanol–water partition coefficient (Wildman–Crippen LogP) is 3.61. The highest BCUT2D eigenvalue weighted by atomic mass is 35.5. The van der Waals surface area contributed by atoms with Crippen molar-refractivity contribution in [1.82, 2.24) is 5.32 Å². The SMILES string of the molecule is C[C@@H]1CCCC[C@H]1NC(=O)COC(=O)COc1ccc(Cl)cc1Cl. The van der Waals surface area contributed by atoms with Crippen LogP contribution >= 0.6 is 23.2 Å². The van der Waals surface area contributed by atoms with Gasteiger partial charge in [0.25, 0.3) is 5.91 Å². The molecular formula is C17H21Cl2NO4. The standard InChI is InChI=1S/C17H21Cl2NO4/c1-11-4-2-3-5-14(11)20-16(21)9-24-17(22)10-23-15-7-6-12(18)8-13(15)19/h6-8,11,14H,2-5,9-10H2,1H3,(H,20,21)/t11-,14-/m1/s1. The smallest absolute Gasteiger partial charge is 0.344 e. The molecule has 0 saturated heterocycles. The fourth-order valence-corrected chi connectivity index (χ4v) is 3.16. The van der Waals surface area contributed by atoms with Gasteiger partial charge in [-0.15, -0.1) is 0 Å². The first-order valence-corrected chi connectivity index (χ1v) is 8.74.